The van der Waals surface area contributed by atoms with Crippen molar-refractivity contribution in [3.05, 3.63) is 23.8 Å². The Hall–Kier alpha value is -0.560. The van der Waals surface area contributed by atoms with Crippen LogP contribution in [0.3, 0.4) is 0 Å². The maximum atomic E-state index is 5.21. The van der Waals surface area contributed by atoms with Crippen LogP contribution in [0.2, 0.25) is 0 Å². The van der Waals surface area contributed by atoms with Crippen molar-refractivity contribution in [2.24, 2.45) is 0 Å². The van der Waals surface area contributed by atoms with Gasteiger partial charge >= 0.3 is 0 Å². The summed E-state index contributed by atoms with van der Waals surface area (Å²) in [5.74, 6) is 0. The molecule has 0 saturated heterocycles. The van der Waals surface area contributed by atoms with Gasteiger partial charge in [0, 0.05) is 6.61 Å². The molecule has 1 rings (SSSR count). The van der Waals surface area contributed by atoms with Crippen molar-refractivity contribution in [3.63, 3.8) is 0 Å². The molecule has 0 radical (unpaired) electrons. The standard InChI is InChI=1S/C8H12O/c1-2-9-7-8-5-3-4-6-8/h3-5H,2,6-7H2,1H3. The van der Waals surface area contributed by atoms with Crippen LogP contribution in [0.15, 0.2) is 23.8 Å². The third-order valence-electron chi connectivity index (χ3n) is 1.34. The Kier molecular flexibility index (Phi) is 2.52. The lowest BCUT2D eigenvalue weighted by Gasteiger charge is -1.99. The van der Waals surface area contributed by atoms with Gasteiger partial charge in [0.2, 0.25) is 0 Å². The Morgan fingerprint density at radius 3 is 3.11 bits per heavy atom. The minimum Gasteiger partial charge on any atom is -0.377 e. The quantitative estimate of drug-likeness (QED) is 0.558. The summed E-state index contributed by atoms with van der Waals surface area (Å²) in [6, 6.07) is 0. The van der Waals surface area contributed by atoms with Crippen molar-refractivity contribution in [1.82, 2.24) is 0 Å². The molecular formula is C8H12O. The van der Waals surface area contributed by atoms with E-state index in [-0.39, 0.29) is 0 Å². The number of ether oxygens (including phenoxy) is 1. The minimum atomic E-state index is 0.809. The molecular weight excluding hydrogens is 112 g/mol. The van der Waals surface area contributed by atoms with E-state index in [2.05, 4.69) is 18.2 Å². The molecule has 0 saturated carbocycles. The zero-order valence-corrected chi connectivity index (χ0v) is 5.76. The molecule has 1 nitrogen and oxygen atoms in total. The van der Waals surface area contributed by atoms with Gasteiger partial charge in [0.25, 0.3) is 0 Å². The molecule has 0 heterocycles. The molecule has 0 aromatic heterocycles. The van der Waals surface area contributed by atoms with Crippen LogP contribution in [0.5, 0.6) is 0 Å². The molecule has 0 aromatic rings. The SMILES string of the molecule is CCOCC1=CC=CC1. The molecule has 0 aromatic carbocycles. The van der Waals surface area contributed by atoms with Crippen molar-refractivity contribution in [2.45, 2.75) is 13.3 Å². The number of hydrogen-bond donors (Lipinski definition) is 0. The van der Waals surface area contributed by atoms with Crippen LogP contribution in [0.1, 0.15) is 13.3 Å². The van der Waals surface area contributed by atoms with Crippen molar-refractivity contribution in [3.8, 4) is 0 Å². The lowest BCUT2D eigenvalue weighted by atomic mass is 10.2. The zero-order chi connectivity index (χ0) is 6.53. The fourth-order valence-corrected chi connectivity index (χ4v) is 0.832. The third kappa shape index (κ3) is 2.02. The van der Waals surface area contributed by atoms with E-state index < -0.39 is 0 Å². The smallest absolute Gasteiger partial charge is 0.0682 e. The first-order chi connectivity index (χ1) is 4.43. The first kappa shape index (κ1) is 6.56. The predicted octanol–water partition coefficient (Wildman–Crippen LogP) is 1.91. The second-order valence-corrected chi connectivity index (χ2v) is 2.09. The van der Waals surface area contributed by atoms with Gasteiger partial charge in [0.05, 0.1) is 6.61 Å². The second kappa shape index (κ2) is 3.46. The van der Waals surface area contributed by atoms with E-state index in [1.165, 1.54) is 5.57 Å². The Morgan fingerprint density at radius 1 is 1.67 bits per heavy atom. The summed E-state index contributed by atoms with van der Waals surface area (Å²) >= 11 is 0. The van der Waals surface area contributed by atoms with Crippen molar-refractivity contribution >= 4 is 0 Å². The largest absolute Gasteiger partial charge is 0.377 e. The molecule has 0 fully saturated rings. The first-order valence-corrected chi connectivity index (χ1v) is 3.36. The average Bonchev–Trinajstić information content (AvgIpc) is 2.34. The third-order valence-corrected chi connectivity index (χ3v) is 1.34. The maximum Gasteiger partial charge on any atom is 0.0682 e. The van der Waals surface area contributed by atoms with E-state index in [1.807, 2.05) is 6.92 Å². The van der Waals surface area contributed by atoms with Crippen LogP contribution >= 0.6 is 0 Å². The van der Waals surface area contributed by atoms with E-state index in [9.17, 15) is 0 Å². The minimum absolute atomic E-state index is 0.809. The highest BCUT2D eigenvalue weighted by atomic mass is 16.5. The van der Waals surface area contributed by atoms with Gasteiger partial charge in [0.1, 0.15) is 0 Å². The van der Waals surface area contributed by atoms with Crippen LogP contribution in [-0.2, 0) is 4.74 Å². The lowest BCUT2D eigenvalue weighted by Crippen LogP contribution is -1.94. The molecule has 0 aliphatic heterocycles. The van der Waals surface area contributed by atoms with Crippen LogP contribution in [0.25, 0.3) is 0 Å². The fraction of sp³-hybridized carbons (Fsp3) is 0.500. The number of rotatable bonds is 3. The van der Waals surface area contributed by atoms with Crippen LogP contribution in [-0.4, -0.2) is 13.2 Å². The van der Waals surface area contributed by atoms with Gasteiger partial charge in [-0.3, -0.25) is 0 Å². The number of allylic oxidation sites excluding steroid dienone is 3. The van der Waals surface area contributed by atoms with Gasteiger partial charge in [-0.15, -0.1) is 0 Å². The molecule has 0 atom stereocenters. The molecule has 0 bridgehead atoms. The van der Waals surface area contributed by atoms with E-state index in [0.717, 1.165) is 19.6 Å². The van der Waals surface area contributed by atoms with E-state index in [0.29, 0.717) is 0 Å². The van der Waals surface area contributed by atoms with Crippen LogP contribution in [0.4, 0.5) is 0 Å². The van der Waals surface area contributed by atoms with Crippen LogP contribution in [0, 0.1) is 0 Å². The van der Waals surface area contributed by atoms with Crippen LogP contribution < -0.4 is 0 Å². The van der Waals surface area contributed by atoms with E-state index >= 15 is 0 Å². The zero-order valence-electron chi connectivity index (χ0n) is 5.76. The highest BCUT2D eigenvalue weighted by Crippen LogP contribution is 2.09. The maximum absolute atomic E-state index is 5.21. The molecule has 1 aliphatic rings. The van der Waals surface area contributed by atoms with E-state index in [1.54, 1.807) is 0 Å². The summed E-state index contributed by atoms with van der Waals surface area (Å²) in [6.07, 6.45) is 7.43. The predicted molar refractivity (Wildman–Crippen MR) is 38.3 cm³/mol. The van der Waals surface area contributed by atoms with Gasteiger partial charge in [-0.2, -0.15) is 0 Å². The summed E-state index contributed by atoms with van der Waals surface area (Å²) in [5.41, 5.74) is 1.39. The number of hydrogen-bond acceptors (Lipinski definition) is 1. The fourth-order valence-electron chi connectivity index (χ4n) is 0.832. The van der Waals surface area contributed by atoms with E-state index in [4.69, 9.17) is 4.74 Å². The summed E-state index contributed by atoms with van der Waals surface area (Å²) < 4.78 is 5.21. The molecule has 1 heteroatoms. The van der Waals surface area contributed by atoms with Crippen molar-refractivity contribution < 1.29 is 4.74 Å². The van der Waals surface area contributed by atoms with Gasteiger partial charge in [0.15, 0.2) is 0 Å². The summed E-state index contributed by atoms with van der Waals surface area (Å²) in [5, 5.41) is 0. The second-order valence-electron chi connectivity index (χ2n) is 2.09. The Labute approximate surface area is 56.0 Å². The highest BCUT2D eigenvalue weighted by Gasteiger charge is 1.96. The normalized spacial score (nSPS) is 16.3. The average molecular weight is 124 g/mol. The summed E-state index contributed by atoms with van der Waals surface area (Å²) in [6.45, 7) is 3.64. The Bertz CT molecular complexity index is 134. The highest BCUT2D eigenvalue weighted by molar-refractivity contribution is 5.22. The Balaban J connectivity index is 2.14. The lowest BCUT2D eigenvalue weighted by molar-refractivity contribution is 0.170. The monoisotopic (exact) mass is 124 g/mol. The molecule has 0 spiro atoms. The molecule has 0 unspecified atom stereocenters. The van der Waals surface area contributed by atoms with Gasteiger partial charge in [-0.05, 0) is 18.9 Å². The van der Waals surface area contributed by atoms with Crippen molar-refractivity contribution in [1.29, 1.82) is 0 Å². The Morgan fingerprint density at radius 2 is 2.56 bits per heavy atom. The molecule has 0 amide bonds. The molecule has 1 aliphatic carbocycles. The van der Waals surface area contributed by atoms with Gasteiger partial charge < -0.3 is 4.74 Å². The molecule has 0 N–H and O–H groups in total. The summed E-state index contributed by atoms with van der Waals surface area (Å²) in [4.78, 5) is 0. The molecule has 50 valence electrons. The topological polar surface area (TPSA) is 9.23 Å². The first-order valence-electron chi connectivity index (χ1n) is 3.36. The van der Waals surface area contributed by atoms with Crippen molar-refractivity contribution in [2.75, 3.05) is 13.2 Å². The molecule has 9 heavy (non-hydrogen) atoms. The van der Waals surface area contributed by atoms with Gasteiger partial charge in [-0.25, -0.2) is 0 Å². The van der Waals surface area contributed by atoms with Gasteiger partial charge in [-0.1, -0.05) is 18.2 Å². The summed E-state index contributed by atoms with van der Waals surface area (Å²) in [7, 11) is 0.